The Kier molecular flexibility index (Phi) is 3.75. The van der Waals surface area contributed by atoms with E-state index in [0.29, 0.717) is 6.04 Å². The first-order chi connectivity index (χ1) is 7.77. The standard InChI is InChI=1S/C14H20N2/c1-12(14-6-4-3-5-7-14)11-16-9-8-15-10-13(16)2/h3-7,13,15H,1,8-11H2,2H3/t13-/m1/s1. The highest BCUT2D eigenvalue weighted by atomic mass is 15.2. The molecule has 0 bridgehead atoms. The van der Waals surface area contributed by atoms with E-state index in [1.807, 2.05) is 6.07 Å². The first-order valence-electron chi connectivity index (χ1n) is 5.95. The van der Waals surface area contributed by atoms with Gasteiger partial charge in [0.25, 0.3) is 0 Å². The normalized spacial score (nSPS) is 21.9. The summed E-state index contributed by atoms with van der Waals surface area (Å²) in [7, 11) is 0. The molecule has 2 rings (SSSR count). The van der Waals surface area contributed by atoms with Crippen molar-refractivity contribution in [2.45, 2.75) is 13.0 Å². The summed E-state index contributed by atoms with van der Waals surface area (Å²) in [4.78, 5) is 2.49. The molecule has 1 aromatic carbocycles. The number of piperazine rings is 1. The van der Waals surface area contributed by atoms with E-state index in [0.717, 1.165) is 26.2 Å². The molecule has 16 heavy (non-hydrogen) atoms. The third-order valence-electron chi connectivity index (χ3n) is 3.21. The Morgan fingerprint density at radius 1 is 1.44 bits per heavy atom. The fraction of sp³-hybridized carbons (Fsp3) is 0.429. The van der Waals surface area contributed by atoms with E-state index < -0.39 is 0 Å². The van der Waals surface area contributed by atoms with Crippen LogP contribution in [-0.4, -0.2) is 37.1 Å². The predicted molar refractivity (Wildman–Crippen MR) is 69.4 cm³/mol. The Balaban J connectivity index is 1.96. The Morgan fingerprint density at radius 2 is 2.19 bits per heavy atom. The van der Waals surface area contributed by atoms with Crippen LogP contribution in [0.2, 0.25) is 0 Å². The van der Waals surface area contributed by atoms with Crippen molar-refractivity contribution >= 4 is 5.57 Å². The van der Waals surface area contributed by atoms with E-state index in [2.05, 4.69) is 48.0 Å². The Bertz CT molecular complexity index is 345. The SMILES string of the molecule is C=C(CN1CCNC[C@H]1C)c1ccccc1. The molecule has 1 atom stereocenters. The van der Waals surface area contributed by atoms with Gasteiger partial charge in [-0.15, -0.1) is 0 Å². The van der Waals surface area contributed by atoms with Gasteiger partial charge in [0, 0.05) is 32.2 Å². The van der Waals surface area contributed by atoms with Crippen molar-refractivity contribution < 1.29 is 0 Å². The molecule has 0 amide bonds. The molecule has 1 fully saturated rings. The van der Waals surface area contributed by atoms with Crippen LogP contribution in [0.1, 0.15) is 12.5 Å². The summed E-state index contributed by atoms with van der Waals surface area (Å²) in [5, 5.41) is 3.41. The molecular weight excluding hydrogens is 196 g/mol. The molecule has 1 heterocycles. The molecule has 0 saturated carbocycles. The van der Waals surface area contributed by atoms with Crippen molar-refractivity contribution in [2.75, 3.05) is 26.2 Å². The van der Waals surface area contributed by atoms with Crippen molar-refractivity contribution in [1.82, 2.24) is 10.2 Å². The summed E-state index contributed by atoms with van der Waals surface area (Å²) >= 11 is 0. The minimum Gasteiger partial charge on any atom is -0.314 e. The highest BCUT2D eigenvalue weighted by molar-refractivity contribution is 5.64. The molecule has 0 aromatic heterocycles. The Hall–Kier alpha value is -1.12. The molecule has 0 aliphatic carbocycles. The number of hydrogen-bond acceptors (Lipinski definition) is 2. The number of nitrogens with one attached hydrogen (secondary N) is 1. The van der Waals surface area contributed by atoms with Crippen LogP contribution in [0.4, 0.5) is 0 Å². The van der Waals surface area contributed by atoms with Gasteiger partial charge in [0.05, 0.1) is 0 Å². The van der Waals surface area contributed by atoms with Gasteiger partial charge in [0.15, 0.2) is 0 Å². The average molecular weight is 216 g/mol. The minimum atomic E-state index is 0.606. The topological polar surface area (TPSA) is 15.3 Å². The third kappa shape index (κ3) is 2.71. The molecule has 0 unspecified atom stereocenters. The molecule has 1 N–H and O–H groups in total. The second-order valence-electron chi connectivity index (χ2n) is 4.49. The third-order valence-corrected chi connectivity index (χ3v) is 3.21. The summed E-state index contributed by atoms with van der Waals surface area (Å²) in [5.74, 6) is 0. The van der Waals surface area contributed by atoms with Gasteiger partial charge < -0.3 is 5.32 Å². The first kappa shape index (κ1) is 11.4. The van der Waals surface area contributed by atoms with Gasteiger partial charge in [-0.2, -0.15) is 0 Å². The van der Waals surface area contributed by atoms with E-state index in [-0.39, 0.29) is 0 Å². The first-order valence-corrected chi connectivity index (χ1v) is 5.95. The molecule has 1 aliphatic rings. The molecule has 1 aliphatic heterocycles. The van der Waals surface area contributed by atoms with Crippen molar-refractivity contribution in [3.05, 3.63) is 42.5 Å². The van der Waals surface area contributed by atoms with E-state index in [9.17, 15) is 0 Å². The summed E-state index contributed by atoms with van der Waals surface area (Å²) in [6, 6.07) is 11.1. The number of hydrogen-bond donors (Lipinski definition) is 1. The molecule has 1 saturated heterocycles. The Morgan fingerprint density at radius 3 is 2.88 bits per heavy atom. The second kappa shape index (κ2) is 5.28. The lowest BCUT2D eigenvalue weighted by Gasteiger charge is -2.34. The summed E-state index contributed by atoms with van der Waals surface area (Å²) in [5.41, 5.74) is 2.47. The highest BCUT2D eigenvalue weighted by Gasteiger charge is 2.18. The molecule has 0 radical (unpaired) electrons. The van der Waals surface area contributed by atoms with Crippen LogP contribution in [-0.2, 0) is 0 Å². The maximum atomic E-state index is 4.19. The maximum absolute atomic E-state index is 4.19. The van der Waals surface area contributed by atoms with Crippen LogP contribution >= 0.6 is 0 Å². The second-order valence-corrected chi connectivity index (χ2v) is 4.49. The van der Waals surface area contributed by atoms with Gasteiger partial charge >= 0.3 is 0 Å². The van der Waals surface area contributed by atoms with Crippen molar-refractivity contribution in [3.63, 3.8) is 0 Å². The van der Waals surface area contributed by atoms with Crippen LogP contribution in [0, 0.1) is 0 Å². The summed E-state index contributed by atoms with van der Waals surface area (Å²) in [6.45, 7) is 10.7. The van der Waals surface area contributed by atoms with Crippen LogP contribution in [0.3, 0.4) is 0 Å². The molecule has 2 nitrogen and oxygen atoms in total. The van der Waals surface area contributed by atoms with Gasteiger partial charge in [-0.1, -0.05) is 36.9 Å². The number of rotatable bonds is 3. The van der Waals surface area contributed by atoms with Crippen LogP contribution in [0.15, 0.2) is 36.9 Å². The lowest BCUT2D eigenvalue weighted by Crippen LogP contribution is -2.50. The van der Waals surface area contributed by atoms with Crippen LogP contribution in [0.5, 0.6) is 0 Å². The zero-order chi connectivity index (χ0) is 11.4. The molecule has 86 valence electrons. The lowest BCUT2D eigenvalue weighted by atomic mass is 10.1. The predicted octanol–water partition coefficient (Wildman–Crippen LogP) is 1.99. The molecular formula is C14H20N2. The summed E-state index contributed by atoms with van der Waals surface area (Å²) < 4.78 is 0. The molecule has 2 heteroatoms. The van der Waals surface area contributed by atoms with Crippen molar-refractivity contribution in [2.24, 2.45) is 0 Å². The van der Waals surface area contributed by atoms with Crippen LogP contribution in [0.25, 0.3) is 5.57 Å². The Labute approximate surface area is 98.0 Å². The zero-order valence-corrected chi connectivity index (χ0v) is 9.95. The fourth-order valence-electron chi connectivity index (χ4n) is 2.13. The van der Waals surface area contributed by atoms with Gasteiger partial charge in [-0.05, 0) is 18.1 Å². The molecule has 0 spiro atoms. The molecule has 1 aromatic rings. The minimum absolute atomic E-state index is 0.606. The summed E-state index contributed by atoms with van der Waals surface area (Å²) in [6.07, 6.45) is 0. The smallest absolute Gasteiger partial charge is 0.0237 e. The van der Waals surface area contributed by atoms with Gasteiger partial charge in [-0.25, -0.2) is 0 Å². The zero-order valence-electron chi connectivity index (χ0n) is 9.95. The van der Waals surface area contributed by atoms with E-state index >= 15 is 0 Å². The number of nitrogens with zero attached hydrogens (tertiary/aromatic N) is 1. The van der Waals surface area contributed by atoms with Gasteiger partial charge in [-0.3, -0.25) is 4.90 Å². The average Bonchev–Trinajstić information content (AvgIpc) is 2.33. The number of benzene rings is 1. The monoisotopic (exact) mass is 216 g/mol. The largest absolute Gasteiger partial charge is 0.314 e. The van der Waals surface area contributed by atoms with Crippen molar-refractivity contribution in [3.8, 4) is 0 Å². The fourth-order valence-corrected chi connectivity index (χ4v) is 2.13. The van der Waals surface area contributed by atoms with Gasteiger partial charge in [0.1, 0.15) is 0 Å². The van der Waals surface area contributed by atoms with E-state index in [4.69, 9.17) is 0 Å². The van der Waals surface area contributed by atoms with E-state index in [1.54, 1.807) is 0 Å². The van der Waals surface area contributed by atoms with Crippen molar-refractivity contribution in [1.29, 1.82) is 0 Å². The highest BCUT2D eigenvalue weighted by Crippen LogP contribution is 2.15. The lowest BCUT2D eigenvalue weighted by molar-refractivity contribution is 0.196. The maximum Gasteiger partial charge on any atom is 0.0237 e. The van der Waals surface area contributed by atoms with Crippen LogP contribution < -0.4 is 5.32 Å². The quantitative estimate of drug-likeness (QED) is 0.831. The van der Waals surface area contributed by atoms with E-state index in [1.165, 1.54) is 11.1 Å². The van der Waals surface area contributed by atoms with Gasteiger partial charge in [0.2, 0.25) is 0 Å².